The number of benzene rings is 2. The van der Waals surface area contributed by atoms with Crippen LogP contribution in [0.25, 0.3) is 0 Å². The molecule has 26 heavy (non-hydrogen) atoms. The second-order valence-corrected chi connectivity index (χ2v) is 7.88. The van der Waals surface area contributed by atoms with E-state index in [1.807, 2.05) is 17.0 Å². The monoisotopic (exact) mass is 388 g/mol. The average Bonchev–Trinajstić information content (AvgIpc) is 3.24. The molecule has 4 nitrogen and oxygen atoms in total. The Hall–Kier alpha value is -1.69. The topological polar surface area (TPSA) is 32.8 Å². The van der Waals surface area contributed by atoms with E-state index >= 15 is 0 Å². The molecule has 2 aliphatic heterocycles. The van der Waals surface area contributed by atoms with Crippen molar-refractivity contribution in [3.8, 4) is 5.75 Å². The minimum atomic E-state index is -0.127. The highest BCUT2D eigenvalue weighted by Gasteiger charge is 2.50. The molecular formula is C20H21ClN2O2S. The number of thioether (sulfide) groups is 1. The highest BCUT2D eigenvalue weighted by atomic mass is 35.5. The number of carbonyl (C=O) groups excluding carboxylic acids is 1. The van der Waals surface area contributed by atoms with E-state index in [9.17, 15) is 4.79 Å². The molecule has 2 aromatic rings. The summed E-state index contributed by atoms with van der Waals surface area (Å²) in [7, 11) is 1.62. The number of nitrogens with zero attached hydrogens (tertiary/aromatic N) is 2. The van der Waals surface area contributed by atoms with Gasteiger partial charge in [0, 0.05) is 16.5 Å². The zero-order valence-corrected chi connectivity index (χ0v) is 16.4. The van der Waals surface area contributed by atoms with Crippen molar-refractivity contribution in [2.75, 3.05) is 24.8 Å². The summed E-state index contributed by atoms with van der Waals surface area (Å²) in [5.74, 6) is 0.789. The summed E-state index contributed by atoms with van der Waals surface area (Å²) >= 11 is 7.96. The van der Waals surface area contributed by atoms with Gasteiger partial charge in [-0.1, -0.05) is 23.7 Å². The molecule has 1 amide bonds. The molecule has 0 spiro atoms. The number of amides is 1. The minimum absolute atomic E-state index is 0.0658. The first kappa shape index (κ1) is 17.7. The van der Waals surface area contributed by atoms with Crippen molar-refractivity contribution in [3.63, 3.8) is 0 Å². The average molecular weight is 389 g/mol. The molecule has 136 valence electrons. The number of anilines is 1. The van der Waals surface area contributed by atoms with Crippen LogP contribution < -0.4 is 9.64 Å². The molecule has 0 aliphatic carbocycles. The quantitative estimate of drug-likeness (QED) is 0.718. The van der Waals surface area contributed by atoms with Crippen molar-refractivity contribution >= 4 is 35.0 Å². The van der Waals surface area contributed by atoms with Crippen LogP contribution in [0.2, 0.25) is 5.02 Å². The maximum atomic E-state index is 13.3. The van der Waals surface area contributed by atoms with Gasteiger partial charge in [-0.25, -0.2) is 0 Å². The first-order valence-electron chi connectivity index (χ1n) is 8.70. The molecule has 0 radical (unpaired) electrons. The van der Waals surface area contributed by atoms with Gasteiger partial charge in [0.15, 0.2) is 0 Å². The summed E-state index contributed by atoms with van der Waals surface area (Å²) in [6.45, 7) is 0.921. The third-order valence-electron chi connectivity index (χ3n) is 5.19. The maximum Gasteiger partial charge on any atom is 0.246 e. The van der Waals surface area contributed by atoms with E-state index < -0.39 is 0 Å². The molecule has 2 heterocycles. The van der Waals surface area contributed by atoms with Gasteiger partial charge in [0.2, 0.25) is 5.91 Å². The lowest BCUT2D eigenvalue weighted by Crippen LogP contribution is -2.32. The Kier molecular flexibility index (Phi) is 4.86. The van der Waals surface area contributed by atoms with Crippen LogP contribution in [-0.2, 0) is 4.79 Å². The second-order valence-electron chi connectivity index (χ2n) is 6.57. The van der Waals surface area contributed by atoms with Crippen LogP contribution in [0.15, 0.2) is 47.4 Å². The standard InChI is InChI=1S/C20H21ClN2O2S/c1-25-18-10-7-14(21)12-17(18)23-19(13-5-8-15(26-2)9-6-13)22-11-3-4-16(22)20(23)24/h5-10,12,16,19H,3-4,11H2,1-2H3. The van der Waals surface area contributed by atoms with E-state index in [4.69, 9.17) is 16.3 Å². The Morgan fingerprint density at radius 1 is 1.19 bits per heavy atom. The summed E-state index contributed by atoms with van der Waals surface area (Å²) in [5.41, 5.74) is 1.85. The largest absolute Gasteiger partial charge is 0.495 e. The Morgan fingerprint density at radius 3 is 2.65 bits per heavy atom. The number of halogens is 1. The van der Waals surface area contributed by atoms with Gasteiger partial charge in [0.25, 0.3) is 0 Å². The summed E-state index contributed by atoms with van der Waals surface area (Å²) in [6.07, 6.45) is 3.89. The Labute approximate surface area is 163 Å². The smallest absolute Gasteiger partial charge is 0.246 e. The van der Waals surface area contributed by atoms with E-state index in [0.29, 0.717) is 10.8 Å². The van der Waals surface area contributed by atoms with E-state index in [2.05, 4.69) is 35.4 Å². The zero-order valence-electron chi connectivity index (χ0n) is 14.8. The third kappa shape index (κ3) is 2.88. The molecule has 0 saturated carbocycles. The number of methoxy groups -OCH3 is 1. The number of hydrogen-bond donors (Lipinski definition) is 0. The molecule has 2 unspecified atom stereocenters. The van der Waals surface area contributed by atoms with E-state index in [-0.39, 0.29) is 18.1 Å². The highest BCUT2D eigenvalue weighted by molar-refractivity contribution is 7.98. The van der Waals surface area contributed by atoms with E-state index in [0.717, 1.165) is 30.6 Å². The first-order chi connectivity index (χ1) is 12.6. The number of ether oxygens (including phenoxy) is 1. The van der Waals surface area contributed by atoms with E-state index in [1.54, 1.807) is 24.9 Å². The number of hydrogen-bond acceptors (Lipinski definition) is 4. The molecule has 2 saturated heterocycles. The van der Waals surface area contributed by atoms with Crippen LogP contribution in [0, 0.1) is 0 Å². The first-order valence-corrected chi connectivity index (χ1v) is 10.3. The maximum absolute atomic E-state index is 13.3. The van der Waals surface area contributed by atoms with Crippen molar-refractivity contribution in [3.05, 3.63) is 53.1 Å². The van der Waals surface area contributed by atoms with Gasteiger partial charge in [-0.05, 0) is 55.0 Å². The molecule has 2 atom stereocenters. The zero-order chi connectivity index (χ0) is 18.3. The molecule has 0 aromatic heterocycles. The number of fused-ring (bicyclic) bond motifs is 1. The fraction of sp³-hybridized carbons (Fsp3) is 0.350. The predicted octanol–water partition coefficient (Wildman–Crippen LogP) is 4.58. The summed E-state index contributed by atoms with van der Waals surface area (Å²) < 4.78 is 5.53. The van der Waals surface area contributed by atoms with Gasteiger partial charge in [-0.3, -0.25) is 14.6 Å². The molecule has 0 bridgehead atoms. The Morgan fingerprint density at radius 2 is 1.96 bits per heavy atom. The van der Waals surface area contributed by atoms with Crippen molar-refractivity contribution in [2.45, 2.75) is 29.9 Å². The van der Waals surface area contributed by atoms with Gasteiger partial charge >= 0.3 is 0 Å². The summed E-state index contributed by atoms with van der Waals surface area (Å²) in [6, 6.07) is 13.8. The summed E-state index contributed by atoms with van der Waals surface area (Å²) in [5, 5.41) is 0.595. The lowest BCUT2D eigenvalue weighted by atomic mass is 10.1. The second kappa shape index (κ2) is 7.14. The van der Waals surface area contributed by atoms with Crippen molar-refractivity contribution in [2.24, 2.45) is 0 Å². The molecule has 6 heteroatoms. The van der Waals surface area contributed by atoms with Crippen molar-refractivity contribution < 1.29 is 9.53 Å². The normalized spacial score (nSPS) is 22.7. The highest BCUT2D eigenvalue weighted by Crippen LogP contribution is 2.45. The lowest BCUT2D eigenvalue weighted by molar-refractivity contribution is -0.119. The molecular weight excluding hydrogens is 368 g/mol. The van der Waals surface area contributed by atoms with Gasteiger partial charge in [0.1, 0.15) is 11.9 Å². The molecule has 2 aromatic carbocycles. The van der Waals surface area contributed by atoms with Crippen LogP contribution in [0.3, 0.4) is 0 Å². The van der Waals surface area contributed by atoms with Gasteiger partial charge in [0.05, 0.1) is 18.8 Å². The van der Waals surface area contributed by atoms with Crippen molar-refractivity contribution in [1.82, 2.24) is 4.90 Å². The molecule has 0 N–H and O–H groups in total. The third-order valence-corrected chi connectivity index (χ3v) is 6.17. The van der Waals surface area contributed by atoms with Crippen LogP contribution in [-0.4, -0.2) is 36.8 Å². The number of rotatable bonds is 4. The fourth-order valence-electron chi connectivity index (χ4n) is 3.99. The molecule has 2 aliphatic rings. The fourth-order valence-corrected chi connectivity index (χ4v) is 4.57. The predicted molar refractivity (Wildman–Crippen MR) is 106 cm³/mol. The Bertz CT molecular complexity index is 827. The number of carbonyl (C=O) groups is 1. The van der Waals surface area contributed by atoms with Crippen LogP contribution >= 0.6 is 23.4 Å². The SMILES string of the molecule is COc1ccc(Cl)cc1N1C(=O)C2CCCN2C1c1ccc(SC)cc1. The van der Waals surface area contributed by atoms with Gasteiger partial charge in [-0.2, -0.15) is 0 Å². The van der Waals surface area contributed by atoms with Crippen molar-refractivity contribution in [1.29, 1.82) is 0 Å². The van der Waals surface area contributed by atoms with Gasteiger partial charge < -0.3 is 4.74 Å². The molecule has 4 rings (SSSR count). The minimum Gasteiger partial charge on any atom is -0.495 e. The van der Waals surface area contributed by atoms with Gasteiger partial charge in [-0.15, -0.1) is 11.8 Å². The van der Waals surface area contributed by atoms with Crippen LogP contribution in [0.1, 0.15) is 24.6 Å². The van der Waals surface area contributed by atoms with E-state index in [1.165, 1.54) is 4.90 Å². The summed E-state index contributed by atoms with van der Waals surface area (Å²) in [4.78, 5) is 18.6. The van der Waals surface area contributed by atoms with Crippen LogP contribution in [0.4, 0.5) is 5.69 Å². The van der Waals surface area contributed by atoms with Crippen LogP contribution in [0.5, 0.6) is 5.75 Å². The Balaban J connectivity index is 1.82. The lowest BCUT2D eigenvalue weighted by Gasteiger charge is -2.30. The molecule has 2 fully saturated rings.